The van der Waals surface area contributed by atoms with E-state index in [1.165, 1.54) is 5.56 Å². The van der Waals surface area contributed by atoms with Gasteiger partial charge in [-0.25, -0.2) is 0 Å². The number of nitrogens with zero attached hydrogens (tertiary/aromatic N) is 1. The van der Waals surface area contributed by atoms with Crippen LogP contribution >= 0.6 is 0 Å². The number of nitrogens with one attached hydrogen (secondary N) is 1. The molecule has 3 heteroatoms. The fourth-order valence-electron chi connectivity index (χ4n) is 1.55. The van der Waals surface area contributed by atoms with Crippen LogP contribution in [0, 0.1) is 0 Å². The molecule has 2 aromatic rings. The van der Waals surface area contributed by atoms with E-state index < -0.39 is 0 Å². The van der Waals surface area contributed by atoms with E-state index in [0.29, 0.717) is 5.69 Å². The highest BCUT2D eigenvalue weighted by Crippen LogP contribution is 2.14. The SMILES string of the molecule is Nc1cnccc1NCCc1ccccc1. The molecular weight excluding hydrogens is 198 g/mol. The molecular formula is C13H15N3. The zero-order chi connectivity index (χ0) is 11.2. The molecule has 0 aliphatic carbocycles. The van der Waals surface area contributed by atoms with Crippen LogP contribution in [0.4, 0.5) is 11.4 Å². The van der Waals surface area contributed by atoms with Gasteiger partial charge >= 0.3 is 0 Å². The van der Waals surface area contributed by atoms with Crippen molar-refractivity contribution in [3.8, 4) is 0 Å². The van der Waals surface area contributed by atoms with Gasteiger partial charge in [0.05, 0.1) is 17.6 Å². The lowest BCUT2D eigenvalue weighted by Crippen LogP contribution is -2.06. The Labute approximate surface area is 95.3 Å². The van der Waals surface area contributed by atoms with Crippen molar-refractivity contribution >= 4 is 11.4 Å². The summed E-state index contributed by atoms with van der Waals surface area (Å²) < 4.78 is 0. The lowest BCUT2D eigenvalue weighted by molar-refractivity contribution is 1.02. The van der Waals surface area contributed by atoms with Crippen LogP contribution in [0.5, 0.6) is 0 Å². The van der Waals surface area contributed by atoms with Gasteiger partial charge in [-0.15, -0.1) is 0 Å². The second-order valence-corrected chi connectivity index (χ2v) is 3.63. The summed E-state index contributed by atoms with van der Waals surface area (Å²) in [5.41, 5.74) is 8.74. The summed E-state index contributed by atoms with van der Waals surface area (Å²) in [6.07, 6.45) is 4.38. The Balaban J connectivity index is 1.87. The quantitative estimate of drug-likeness (QED) is 0.819. The molecule has 1 heterocycles. The molecule has 3 nitrogen and oxygen atoms in total. The van der Waals surface area contributed by atoms with Gasteiger partial charge in [-0.05, 0) is 18.1 Å². The lowest BCUT2D eigenvalue weighted by Gasteiger charge is -2.08. The minimum absolute atomic E-state index is 0.690. The molecule has 0 spiro atoms. The van der Waals surface area contributed by atoms with E-state index in [-0.39, 0.29) is 0 Å². The van der Waals surface area contributed by atoms with E-state index in [9.17, 15) is 0 Å². The third-order valence-corrected chi connectivity index (χ3v) is 2.42. The van der Waals surface area contributed by atoms with Crippen LogP contribution in [-0.4, -0.2) is 11.5 Å². The van der Waals surface area contributed by atoms with Gasteiger partial charge in [0.25, 0.3) is 0 Å². The maximum absolute atomic E-state index is 5.78. The molecule has 0 aliphatic rings. The average molecular weight is 213 g/mol. The maximum atomic E-state index is 5.78. The second-order valence-electron chi connectivity index (χ2n) is 3.63. The van der Waals surface area contributed by atoms with Crippen LogP contribution in [0.15, 0.2) is 48.8 Å². The topological polar surface area (TPSA) is 50.9 Å². The molecule has 0 saturated heterocycles. The van der Waals surface area contributed by atoms with Crippen LogP contribution in [-0.2, 0) is 6.42 Å². The predicted molar refractivity (Wildman–Crippen MR) is 67.3 cm³/mol. The molecule has 0 aliphatic heterocycles. The maximum Gasteiger partial charge on any atom is 0.0736 e. The standard InChI is InChI=1S/C13H15N3/c14-12-10-15-8-7-13(12)16-9-6-11-4-2-1-3-5-11/h1-5,7-8,10H,6,9,14H2,(H,15,16). The van der Waals surface area contributed by atoms with Crippen molar-refractivity contribution in [2.75, 3.05) is 17.6 Å². The summed E-state index contributed by atoms with van der Waals surface area (Å²) in [5.74, 6) is 0. The number of hydrogen-bond donors (Lipinski definition) is 2. The first-order valence-electron chi connectivity index (χ1n) is 5.33. The normalized spacial score (nSPS) is 10.0. The van der Waals surface area contributed by atoms with Gasteiger partial charge in [0.2, 0.25) is 0 Å². The molecule has 3 N–H and O–H groups in total. The fraction of sp³-hybridized carbons (Fsp3) is 0.154. The van der Waals surface area contributed by atoms with Crippen molar-refractivity contribution in [2.45, 2.75) is 6.42 Å². The van der Waals surface area contributed by atoms with Gasteiger partial charge in [0.15, 0.2) is 0 Å². The molecule has 82 valence electrons. The molecule has 2 rings (SSSR count). The van der Waals surface area contributed by atoms with Crippen molar-refractivity contribution in [2.24, 2.45) is 0 Å². The number of nitrogens with two attached hydrogens (primary N) is 1. The fourth-order valence-corrected chi connectivity index (χ4v) is 1.55. The number of anilines is 2. The van der Waals surface area contributed by atoms with E-state index in [1.807, 2.05) is 12.1 Å². The van der Waals surface area contributed by atoms with Crippen molar-refractivity contribution in [3.63, 3.8) is 0 Å². The number of rotatable bonds is 4. The molecule has 0 saturated carbocycles. The largest absolute Gasteiger partial charge is 0.396 e. The summed E-state index contributed by atoms with van der Waals surface area (Å²) in [4.78, 5) is 3.95. The smallest absolute Gasteiger partial charge is 0.0736 e. The monoisotopic (exact) mass is 213 g/mol. The Kier molecular flexibility index (Phi) is 3.38. The van der Waals surface area contributed by atoms with Crippen molar-refractivity contribution in [1.82, 2.24) is 4.98 Å². The minimum Gasteiger partial charge on any atom is -0.396 e. The van der Waals surface area contributed by atoms with Gasteiger partial charge in [0, 0.05) is 12.7 Å². The van der Waals surface area contributed by atoms with Crippen LogP contribution in [0.3, 0.4) is 0 Å². The zero-order valence-corrected chi connectivity index (χ0v) is 9.06. The number of pyridine rings is 1. The van der Waals surface area contributed by atoms with E-state index in [4.69, 9.17) is 5.73 Å². The van der Waals surface area contributed by atoms with Gasteiger partial charge in [0.1, 0.15) is 0 Å². The zero-order valence-electron chi connectivity index (χ0n) is 9.06. The second kappa shape index (κ2) is 5.16. The molecule has 16 heavy (non-hydrogen) atoms. The summed E-state index contributed by atoms with van der Waals surface area (Å²) >= 11 is 0. The van der Waals surface area contributed by atoms with Gasteiger partial charge < -0.3 is 11.1 Å². The van der Waals surface area contributed by atoms with Crippen LogP contribution in [0.1, 0.15) is 5.56 Å². The van der Waals surface area contributed by atoms with Crippen LogP contribution < -0.4 is 11.1 Å². The van der Waals surface area contributed by atoms with Gasteiger partial charge in [-0.1, -0.05) is 30.3 Å². The third-order valence-electron chi connectivity index (χ3n) is 2.42. The van der Waals surface area contributed by atoms with E-state index in [0.717, 1.165) is 18.7 Å². The van der Waals surface area contributed by atoms with Crippen LogP contribution in [0.25, 0.3) is 0 Å². The van der Waals surface area contributed by atoms with Crippen molar-refractivity contribution < 1.29 is 0 Å². The number of aromatic nitrogens is 1. The molecule has 0 amide bonds. The van der Waals surface area contributed by atoms with E-state index in [1.54, 1.807) is 12.4 Å². The summed E-state index contributed by atoms with van der Waals surface area (Å²) in [7, 11) is 0. The Morgan fingerprint density at radius 1 is 1.12 bits per heavy atom. The highest BCUT2D eigenvalue weighted by molar-refractivity contribution is 5.64. The molecule has 0 fully saturated rings. The number of nitrogen functional groups attached to an aromatic ring is 1. The Bertz CT molecular complexity index is 440. The highest BCUT2D eigenvalue weighted by atomic mass is 14.9. The first-order valence-corrected chi connectivity index (χ1v) is 5.33. The van der Waals surface area contributed by atoms with E-state index in [2.05, 4.69) is 34.6 Å². The molecule has 1 aromatic carbocycles. The van der Waals surface area contributed by atoms with Gasteiger partial charge in [-0.3, -0.25) is 4.98 Å². The summed E-state index contributed by atoms with van der Waals surface area (Å²) in [6.45, 7) is 0.873. The van der Waals surface area contributed by atoms with Crippen molar-refractivity contribution in [3.05, 3.63) is 54.4 Å². The van der Waals surface area contributed by atoms with Gasteiger partial charge in [-0.2, -0.15) is 0 Å². The van der Waals surface area contributed by atoms with Crippen LogP contribution in [0.2, 0.25) is 0 Å². The molecule has 0 bridgehead atoms. The van der Waals surface area contributed by atoms with E-state index >= 15 is 0 Å². The highest BCUT2D eigenvalue weighted by Gasteiger charge is 1.96. The Hall–Kier alpha value is -2.03. The summed E-state index contributed by atoms with van der Waals surface area (Å²) in [6, 6.07) is 12.3. The lowest BCUT2D eigenvalue weighted by atomic mass is 10.1. The molecule has 0 unspecified atom stereocenters. The predicted octanol–water partition coefficient (Wildman–Crippen LogP) is 2.32. The Morgan fingerprint density at radius 2 is 1.94 bits per heavy atom. The van der Waals surface area contributed by atoms with Crippen molar-refractivity contribution in [1.29, 1.82) is 0 Å². The average Bonchev–Trinajstić information content (AvgIpc) is 2.33. The summed E-state index contributed by atoms with van der Waals surface area (Å²) in [5, 5.41) is 3.30. The minimum atomic E-state index is 0.690. The number of benzene rings is 1. The first kappa shape index (κ1) is 10.5. The molecule has 1 aromatic heterocycles. The molecule has 0 radical (unpaired) electrons. The Morgan fingerprint density at radius 3 is 2.69 bits per heavy atom. The third kappa shape index (κ3) is 2.73. The molecule has 0 atom stereocenters. The first-order chi connectivity index (χ1) is 7.86. The number of hydrogen-bond acceptors (Lipinski definition) is 3.